The molecule has 12 heteroatoms. The van der Waals surface area contributed by atoms with E-state index in [4.69, 9.17) is 15.2 Å². The lowest BCUT2D eigenvalue weighted by atomic mass is 9.98. The highest BCUT2D eigenvalue weighted by molar-refractivity contribution is 7.93. The van der Waals surface area contributed by atoms with Gasteiger partial charge >= 0.3 is 0 Å². The minimum Gasteiger partial charge on any atom is -0.497 e. The van der Waals surface area contributed by atoms with Crippen molar-refractivity contribution in [1.82, 2.24) is 10.9 Å². The second-order valence-corrected chi connectivity index (χ2v) is 10.5. The molecule has 2 aromatic rings. The molecule has 0 spiro atoms. The van der Waals surface area contributed by atoms with Gasteiger partial charge in [0.2, 0.25) is 11.8 Å². The number of rotatable bonds is 10. The van der Waals surface area contributed by atoms with Crippen LogP contribution in [0.3, 0.4) is 0 Å². The Kier molecular flexibility index (Phi) is 8.88. The molecule has 0 aromatic heterocycles. The van der Waals surface area contributed by atoms with E-state index in [1.807, 2.05) is 0 Å². The van der Waals surface area contributed by atoms with Gasteiger partial charge in [0.25, 0.3) is 5.91 Å². The van der Waals surface area contributed by atoms with E-state index in [1.165, 1.54) is 19.2 Å². The molecule has 0 atom stereocenters. The SMILES string of the molecule is COc1ccc(C(=O)NNC(=O)CCCNc2ccc(S(=O)(=O)C3(C(N)=O)CCOCC3)cc2)cc1. The zero-order chi connectivity index (χ0) is 26.2. The van der Waals surface area contributed by atoms with Crippen LogP contribution >= 0.6 is 0 Å². The summed E-state index contributed by atoms with van der Waals surface area (Å²) in [4.78, 5) is 36.2. The van der Waals surface area contributed by atoms with Gasteiger partial charge in [0.05, 0.1) is 12.0 Å². The number of nitrogens with one attached hydrogen (secondary N) is 3. The number of hydrogen-bond donors (Lipinski definition) is 4. The van der Waals surface area contributed by atoms with Gasteiger partial charge in [-0.05, 0) is 67.8 Å². The number of hydrogen-bond acceptors (Lipinski definition) is 8. The lowest BCUT2D eigenvalue weighted by molar-refractivity contribution is -0.123. The van der Waals surface area contributed by atoms with Crippen LogP contribution in [0.5, 0.6) is 5.75 Å². The second-order valence-electron chi connectivity index (χ2n) is 8.26. The molecule has 3 amide bonds. The van der Waals surface area contributed by atoms with E-state index in [2.05, 4.69) is 16.2 Å². The number of ether oxygens (including phenoxy) is 2. The fraction of sp³-hybridized carbons (Fsp3) is 0.375. The summed E-state index contributed by atoms with van der Waals surface area (Å²) < 4.78 is 34.9. The molecule has 3 rings (SSSR count). The third kappa shape index (κ3) is 6.13. The molecule has 0 radical (unpaired) electrons. The van der Waals surface area contributed by atoms with Crippen molar-refractivity contribution < 1.29 is 32.3 Å². The quantitative estimate of drug-likeness (QED) is 0.269. The van der Waals surface area contributed by atoms with Crippen LogP contribution in [0, 0.1) is 0 Å². The van der Waals surface area contributed by atoms with Crippen LogP contribution in [0.25, 0.3) is 0 Å². The van der Waals surface area contributed by atoms with Crippen LogP contribution in [0.4, 0.5) is 5.69 Å². The van der Waals surface area contributed by atoms with Crippen LogP contribution in [0.2, 0.25) is 0 Å². The number of primary amides is 1. The average Bonchev–Trinajstić information content (AvgIpc) is 2.90. The zero-order valence-corrected chi connectivity index (χ0v) is 20.7. The lowest BCUT2D eigenvalue weighted by Gasteiger charge is -2.33. The highest BCUT2D eigenvalue weighted by atomic mass is 32.2. The molecule has 1 fully saturated rings. The molecule has 5 N–H and O–H groups in total. The predicted molar refractivity (Wildman–Crippen MR) is 132 cm³/mol. The van der Waals surface area contributed by atoms with E-state index in [9.17, 15) is 22.8 Å². The van der Waals surface area contributed by atoms with Crippen molar-refractivity contribution >= 4 is 33.2 Å². The maximum absolute atomic E-state index is 13.2. The Morgan fingerprint density at radius 2 is 1.64 bits per heavy atom. The molecule has 1 aliphatic rings. The van der Waals surface area contributed by atoms with Crippen molar-refractivity contribution in [3.05, 3.63) is 54.1 Å². The van der Waals surface area contributed by atoms with Gasteiger partial charge < -0.3 is 20.5 Å². The first-order valence-corrected chi connectivity index (χ1v) is 12.9. The third-order valence-corrected chi connectivity index (χ3v) is 8.54. The van der Waals surface area contributed by atoms with Gasteiger partial charge in [-0.3, -0.25) is 25.2 Å². The number of carbonyl (C=O) groups is 3. The average molecular weight is 519 g/mol. The van der Waals surface area contributed by atoms with Crippen molar-refractivity contribution in [1.29, 1.82) is 0 Å². The summed E-state index contributed by atoms with van der Waals surface area (Å²) >= 11 is 0. The summed E-state index contributed by atoms with van der Waals surface area (Å²) in [5.74, 6) is -1.05. The lowest BCUT2D eigenvalue weighted by Crippen LogP contribution is -2.53. The van der Waals surface area contributed by atoms with Crippen molar-refractivity contribution in [2.24, 2.45) is 5.73 Å². The minimum absolute atomic E-state index is 0.0146. The molecule has 1 heterocycles. The number of nitrogens with two attached hydrogens (primary N) is 1. The first-order valence-electron chi connectivity index (χ1n) is 11.4. The smallest absolute Gasteiger partial charge is 0.269 e. The maximum atomic E-state index is 13.2. The van der Waals surface area contributed by atoms with Crippen LogP contribution in [-0.4, -0.2) is 57.8 Å². The van der Waals surface area contributed by atoms with Crippen LogP contribution in [0.15, 0.2) is 53.4 Å². The Bertz CT molecular complexity index is 1180. The van der Waals surface area contributed by atoms with E-state index in [0.29, 0.717) is 30.0 Å². The molecule has 36 heavy (non-hydrogen) atoms. The van der Waals surface area contributed by atoms with Crippen molar-refractivity contribution in [2.45, 2.75) is 35.3 Å². The Balaban J connectivity index is 1.44. The van der Waals surface area contributed by atoms with E-state index in [0.717, 1.165) is 0 Å². The fourth-order valence-corrected chi connectivity index (χ4v) is 5.73. The summed E-state index contributed by atoms with van der Waals surface area (Å²) in [6.07, 6.45) is 0.668. The Hall–Kier alpha value is -3.64. The molecule has 1 saturated heterocycles. The van der Waals surface area contributed by atoms with Crippen molar-refractivity contribution in [2.75, 3.05) is 32.2 Å². The van der Waals surface area contributed by atoms with Crippen LogP contribution in [-0.2, 0) is 24.2 Å². The van der Waals surface area contributed by atoms with Gasteiger partial charge in [-0.2, -0.15) is 0 Å². The summed E-state index contributed by atoms with van der Waals surface area (Å²) in [6, 6.07) is 12.5. The Morgan fingerprint density at radius 3 is 2.22 bits per heavy atom. The molecule has 0 aliphatic carbocycles. The minimum atomic E-state index is -3.99. The van der Waals surface area contributed by atoms with Gasteiger partial charge in [0.15, 0.2) is 14.6 Å². The molecule has 0 bridgehead atoms. The van der Waals surface area contributed by atoms with Gasteiger partial charge in [-0.25, -0.2) is 8.42 Å². The largest absolute Gasteiger partial charge is 0.497 e. The van der Waals surface area contributed by atoms with Crippen molar-refractivity contribution in [3.63, 3.8) is 0 Å². The zero-order valence-electron chi connectivity index (χ0n) is 19.9. The van der Waals surface area contributed by atoms with E-state index >= 15 is 0 Å². The highest BCUT2D eigenvalue weighted by Crippen LogP contribution is 2.35. The number of carbonyl (C=O) groups excluding carboxylic acids is 3. The maximum Gasteiger partial charge on any atom is 0.269 e. The third-order valence-electron chi connectivity index (χ3n) is 6.01. The fourth-order valence-electron chi connectivity index (χ4n) is 3.81. The van der Waals surface area contributed by atoms with E-state index in [-0.39, 0.29) is 43.3 Å². The number of amides is 3. The van der Waals surface area contributed by atoms with Gasteiger partial charge in [0, 0.05) is 37.4 Å². The molecule has 194 valence electrons. The first-order chi connectivity index (χ1) is 17.2. The highest BCUT2D eigenvalue weighted by Gasteiger charge is 2.51. The summed E-state index contributed by atoms with van der Waals surface area (Å²) in [6.45, 7) is 0.746. The molecule has 0 unspecified atom stereocenters. The van der Waals surface area contributed by atoms with E-state index in [1.54, 1.807) is 36.4 Å². The Labute approximate surface area is 209 Å². The topological polar surface area (TPSA) is 166 Å². The number of anilines is 1. The standard InChI is InChI=1S/C24H30N4O7S/c1-34-19-8-4-17(5-9-19)22(30)28-27-21(29)3-2-14-26-18-6-10-20(11-7-18)36(32,33)24(23(25)31)12-15-35-16-13-24/h4-11,26H,2-3,12-16H2,1H3,(H2,25,31)(H,27,29)(H,28,30). The summed E-state index contributed by atoms with van der Waals surface area (Å²) in [7, 11) is -2.46. The molecule has 2 aromatic carbocycles. The molecule has 0 saturated carbocycles. The molecule has 11 nitrogen and oxygen atoms in total. The Morgan fingerprint density at radius 1 is 1.00 bits per heavy atom. The van der Waals surface area contributed by atoms with Crippen molar-refractivity contribution in [3.8, 4) is 5.75 Å². The number of benzene rings is 2. The van der Waals surface area contributed by atoms with E-state index < -0.39 is 26.4 Å². The van der Waals surface area contributed by atoms with Crippen LogP contribution < -0.4 is 26.6 Å². The number of methoxy groups -OCH3 is 1. The summed E-state index contributed by atoms with van der Waals surface area (Å²) in [5.41, 5.74) is 11.2. The normalized spacial score (nSPS) is 14.9. The number of hydrazine groups is 1. The predicted octanol–water partition coefficient (Wildman–Crippen LogP) is 1.16. The monoisotopic (exact) mass is 518 g/mol. The second kappa shape index (κ2) is 11.9. The summed E-state index contributed by atoms with van der Waals surface area (Å²) in [5, 5.41) is 3.11. The van der Waals surface area contributed by atoms with Crippen LogP contribution in [0.1, 0.15) is 36.0 Å². The van der Waals surface area contributed by atoms with Gasteiger partial charge in [-0.1, -0.05) is 0 Å². The first kappa shape index (κ1) is 27.0. The molecular weight excluding hydrogens is 488 g/mol. The molecular formula is C24H30N4O7S. The number of sulfone groups is 1. The molecule has 1 aliphatic heterocycles. The van der Waals surface area contributed by atoms with Gasteiger partial charge in [0.1, 0.15) is 5.75 Å². The van der Waals surface area contributed by atoms with Gasteiger partial charge in [-0.15, -0.1) is 0 Å².